The van der Waals surface area contributed by atoms with Gasteiger partial charge in [-0.2, -0.15) is 0 Å². The fraction of sp³-hybridized carbons (Fsp3) is 0.278. The third-order valence-corrected chi connectivity index (χ3v) is 4.15. The van der Waals surface area contributed by atoms with Crippen molar-refractivity contribution in [3.63, 3.8) is 0 Å². The molecule has 0 fully saturated rings. The van der Waals surface area contributed by atoms with Gasteiger partial charge in [0, 0.05) is 9.50 Å². The molecule has 1 atom stereocenters. The molecule has 0 saturated heterocycles. The summed E-state index contributed by atoms with van der Waals surface area (Å²) >= 11 is 9.26. The van der Waals surface area contributed by atoms with Gasteiger partial charge in [0.15, 0.2) is 0 Å². The quantitative estimate of drug-likeness (QED) is 0.754. The predicted molar refractivity (Wildman–Crippen MR) is 94.4 cm³/mol. The van der Waals surface area contributed by atoms with Crippen LogP contribution in [0.3, 0.4) is 0 Å². The summed E-state index contributed by atoms with van der Waals surface area (Å²) < 4.78 is 6.16. The van der Waals surface area contributed by atoms with E-state index in [4.69, 9.17) is 16.3 Å². The van der Waals surface area contributed by atoms with Crippen molar-refractivity contribution in [2.45, 2.75) is 19.4 Å². The Morgan fingerprint density at radius 3 is 2.09 bits per heavy atom. The molecule has 0 aliphatic rings. The Hall–Kier alpha value is -1.36. The Morgan fingerprint density at radius 2 is 1.61 bits per heavy atom. The van der Waals surface area contributed by atoms with E-state index in [0.717, 1.165) is 4.47 Å². The molecule has 0 aliphatic heterocycles. The zero-order valence-electron chi connectivity index (χ0n) is 12.9. The Bertz CT molecular complexity index is 620. The van der Waals surface area contributed by atoms with Crippen LogP contribution in [-0.4, -0.2) is 17.7 Å². The number of benzene rings is 2. The molecule has 0 bridgehead atoms. The molecular formula is C18H18BrClO3. The van der Waals surface area contributed by atoms with Crippen LogP contribution in [0.25, 0.3) is 0 Å². The standard InChI is InChI=1S/C18H18BrClO3/c1-12(2)11-23-17(21)18(22,13-3-7-15(19)8-4-13)14-5-9-16(20)10-6-14/h3-10,12,22H,11H2,1-2H3. The van der Waals surface area contributed by atoms with E-state index in [1.165, 1.54) is 0 Å². The maximum atomic E-state index is 12.6. The van der Waals surface area contributed by atoms with Gasteiger partial charge < -0.3 is 9.84 Å². The summed E-state index contributed by atoms with van der Waals surface area (Å²) in [6.45, 7) is 4.12. The number of ether oxygens (including phenoxy) is 1. The van der Waals surface area contributed by atoms with Crippen LogP contribution in [0.4, 0.5) is 0 Å². The predicted octanol–water partition coefficient (Wildman–Crippen LogP) is 4.54. The number of carbonyl (C=O) groups is 1. The lowest BCUT2D eigenvalue weighted by atomic mass is 9.86. The van der Waals surface area contributed by atoms with E-state index in [-0.39, 0.29) is 12.5 Å². The van der Waals surface area contributed by atoms with Gasteiger partial charge in [-0.3, -0.25) is 0 Å². The molecule has 0 saturated carbocycles. The third kappa shape index (κ3) is 4.14. The molecule has 0 heterocycles. The van der Waals surface area contributed by atoms with Crippen molar-refractivity contribution in [1.82, 2.24) is 0 Å². The van der Waals surface area contributed by atoms with Crippen molar-refractivity contribution in [2.24, 2.45) is 5.92 Å². The van der Waals surface area contributed by atoms with Crippen LogP contribution in [0.2, 0.25) is 5.02 Å². The topological polar surface area (TPSA) is 46.5 Å². The first-order chi connectivity index (χ1) is 10.8. The summed E-state index contributed by atoms with van der Waals surface area (Å²) in [7, 11) is 0. The second-order valence-corrected chi connectivity index (χ2v) is 7.07. The summed E-state index contributed by atoms with van der Waals surface area (Å²) in [6.07, 6.45) is 0. The minimum absolute atomic E-state index is 0.179. The first-order valence-corrected chi connectivity index (χ1v) is 8.43. The first-order valence-electron chi connectivity index (χ1n) is 7.25. The summed E-state index contributed by atoms with van der Waals surface area (Å²) in [4.78, 5) is 12.6. The zero-order chi connectivity index (χ0) is 17.0. The number of rotatable bonds is 5. The Balaban J connectivity index is 2.47. The fourth-order valence-corrected chi connectivity index (χ4v) is 2.52. The molecule has 2 aromatic rings. The average molecular weight is 398 g/mol. The van der Waals surface area contributed by atoms with E-state index in [1.807, 2.05) is 13.8 Å². The van der Waals surface area contributed by atoms with Crippen LogP contribution in [0, 0.1) is 5.92 Å². The van der Waals surface area contributed by atoms with Gasteiger partial charge in [0.1, 0.15) is 0 Å². The average Bonchev–Trinajstić information content (AvgIpc) is 2.53. The Morgan fingerprint density at radius 1 is 1.13 bits per heavy atom. The SMILES string of the molecule is CC(C)COC(=O)C(O)(c1ccc(Cl)cc1)c1ccc(Br)cc1. The molecule has 1 N–H and O–H groups in total. The molecular weight excluding hydrogens is 380 g/mol. The van der Waals surface area contributed by atoms with Crippen LogP contribution in [0.1, 0.15) is 25.0 Å². The minimum atomic E-state index is -1.87. The highest BCUT2D eigenvalue weighted by molar-refractivity contribution is 9.10. The molecule has 122 valence electrons. The van der Waals surface area contributed by atoms with Gasteiger partial charge in [-0.25, -0.2) is 4.79 Å². The van der Waals surface area contributed by atoms with Crippen molar-refractivity contribution in [2.75, 3.05) is 6.61 Å². The second kappa shape index (κ2) is 7.47. The zero-order valence-corrected chi connectivity index (χ0v) is 15.3. The van der Waals surface area contributed by atoms with Crippen molar-refractivity contribution in [3.8, 4) is 0 Å². The molecule has 0 aliphatic carbocycles. The van der Waals surface area contributed by atoms with E-state index >= 15 is 0 Å². The second-order valence-electron chi connectivity index (χ2n) is 5.72. The Labute approximate surface area is 149 Å². The molecule has 0 amide bonds. The number of esters is 1. The van der Waals surface area contributed by atoms with Gasteiger partial charge >= 0.3 is 5.97 Å². The summed E-state index contributed by atoms with van der Waals surface area (Å²) in [5.41, 5.74) is -1.02. The molecule has 0 radical (unpaired) electrons. The lowest BCUT2D eigenvalue weighted by Gasteiger charge is -2.27. The van der Waals surface area contributed by atoms with Gasteiger partial charge in [0.2, 0.25) is 5.60 Å². The van der Waals surface area contributed by atoms with Crippen molar-refractivity contribution in [1.29, 1.82) is 0 Å². The molecule has 23 heavy (non-hydrogen) atoms. The van der Waals surface area contributed by atoms with E-state index < -0.39 is 11.6 Å². The number of hydrogen-bond donors (Lipinski definition) is 1. The van der Waals surface area contributed by atoms with Crippen LogP contribution < -0.4 is 0 Å². The largest absolute Gasteiger partial charge is 0.463 e. The number of hydrogen-bond acceptors (Lipinski definition) is 3. The molecule has 0 aromatic heterocycles. The number of carbonyl (C=O) groups excluding carboxylic acids is 1. The molecule has 2 aromatic carbocycles. The minimum Gasteiger partial charge on any atom is -0.463 e. The van der Waals surface area contributed by atoms with Crippen LogP contribution in [0.15, 0.2) is 53.0 Å². The van der Waals surface area contributed by atoms with Crippen molar-refractivity contribution >= 4 is 33.5 Å². The summed E-state index contributed by atoms with van der Waals surface area (Å²) in [5.74, 6) is -0.519. The van der Waals surface area contributed by atoms with E-state index in [9.17, 15) is 9.90 Å². The summed E-state index contributed by atoms with van der Waals surface area (Å²) in [6, 6.07) is 13.4. The monoisotopic (exact) mass is 396 g/mol. The van der Waals surface area contributed by atoms with Gasteiger partial charge in [0.05, 0.1) is 6.61 Å². The molecule has 1 unspecified atom stereocenters. The highest BCUT2D eigenvalue weighted by Crippen LogP contribution is 2.33. The molecule has 2 rings (SSSR count). The molecule has 3 nitrogen and oxygen atoms in total. The highest BCUT2D eigenvalue weighted by Gasteiger charge is 2.41. The maximum absolute atomic E-state index is 12.6. The van der Waals surface area contributed by atoms with Crippen LogP contribution >= 0.6 is 27.5 Å². The normalized spacial score (nSPS) is 13.7. The van der Waals surface area contributed by atoms with E-state index in [1.54, 1.807) is 48.5 Å². The van der Waals surface area contributed by atoms with E-state index in [2.05, 4.69) is 15.9 Å². The van der Waals surface area contributed by atoms with Crippen LogP contribution in [0.5, 0.6) is 0 Å². The lowest BCUT2D eigenvalue weighted by molar-refractivity contribution is -0.163. The molecule has 5 heteroatoms. The van der Waals surface area contributed by atoms with Gasteiger partial charge in [-0.05, 0) is 41.3 Å². The Kier molecular flexibility index (Phi) is 5.84. The van der Waals surface area contributed by atoms with Crippen LogP contribution in [-0.2, 0) is 15.1 Å². The van der Waals surface area contributed by atoms with Gasteiger partial charge in [-0.1, -0.05) is 65.6 Å². The molecule has 0 spiro atoms. The summed E-state index contributed by atoms with van der Waals surface area (Å²) in [5, 5.41) is 11.7. The van der Waals surface area contributed by atoms with Crippen molar-refractivity contribution in [3.05, 3.63) is 69.2 Å². The lowest BCUT2D eigenvalue weighted by Crippen LogP contribution is -2.39. The smallest absolute Gasteiger partial charge is 0.347 e. The van der Waals surface area contributed by atoms with E-state index in [0.29, 0.717) is 16.1 Å². The number of aliphatic hydroxyl groups is 1. The first kappa shape index (κ1) is 18.0. The van der Waals surface area contributed by atoms with Crippen molar-refractivity contribution < 1.29 is 14.6 Å². The number of halogens is 2. The van der Waals surface area contributed by atoms with Gasteiger partial charge in [-0.15, -0.1) is 0 Å². The fourth-order valence-electron chi connectivity index (χ4n) is 2.13. The van der Waals surface area contributed by atoms with Gasteiger partial charge in [0.25, 0.3) is 0 Å². The maximum Gasteiger partial charge on any atom is 0.347 e. The third-order valence-electron chi connectivity index (χ3n) is 3.37. The highest BCUT2D eigenvalue weighted by atomic mass is 79.9.